The molecule has 3 nitrogen and oxygen atoms in total. The van der Waals surface area contributed by atoms with E-state index in [-0.39, 0.29) is 0 Å². The first-order valence-corrected chi connectivity index (χ1v) is 9.57. The van der Waals surface area contributed by atoms with Crippen LogP contribution in [-0.2, 0) is 4.74 Å². The van der Waals surface area contributed by atoms with Gasteiger partial charge in [-0.15, -0.1) is 11.3 Å². The molecule has 2 aliphatic rings. The van der Waals surface area contributed by atoms with Crippen LogP contribution < -0.4 is 0 Å². The second kappa shape index (κ2) is 7.12. The standard InChI is InChI=1S/C19H24N2OS/c1-2-4-16(5-3-1)18-14-23-19(20-18)17-6-9-21(10-7-17)12-15-8-11-22-13-15/h1-5,14-15,17H,6-13H2. The first-order chi connectivity index (χ1) is 11.4. The number of hydrogen-bond donors (Lipinski definition) is 0. The van der Waals surface area contributed by atoms with Crippen LogP contribution in [-0.4, -0.2) is 42.7 Å². The minimum absolute atomic E-state index is 0.647. The Morgan fingerprint density at radius 2 is 1.96 bits per heavy atom. The van der Waals surface area contributed by atoms with E-state index in [2.05, 4.69) is 40.6 Å². The van der Waals surface area contributed by atoms with Crippen molar-refractivity contribution in [2.45, 2.75) is 25.2 Å². The number of hydrogen-bond acceptors (Lipinski definition) is 4. The van der Waals surface area contributed by atoms with Gasteiger partial charge in [0.1, 0.15) is 0 Å². The van der Waals surface area contributed by atoms with Crippen molar-refractivity contribution in [2.24, 2.45) is 5.92 Å². The van der Waals surface area contributed by atoms with Crippen molar-refractivity contribution >= 4 is 11.3 Å². The Labute approximate surface area is 142 Å². The number of likely N-dealkylation sites (tertiary alicyclic amines) is 1. The van der Waals surface area contributed by atoms with Crippen molar-refractivity contribution in [1.82, 2.24) is 9.88 Å². The quantitative estimate of drug-likeness (QED) is 0.847. The fourth-order valence-corrected chi connectivity index (χ4v) is 4.67. The average molecular weight is 328 g/mol. The van der Waals surface area contributed by atoms with Gasteiger partial charge in [0.25, 0.3) is 0 Å². The third-order valence-electron chi connectivity index (χ3n) is 5.07. The molecule has 0 N–H and O–H groups in total. The second-order valence-corrected chi connectivity index (χ2v) is 7.63. The van der Waals surface area contributed by atoms with Gasteiger partial charge in [0.05, 0.1) is 17.3 Å². The highest BCUT2D eigenvalue weighted by Gasteiger charge is 2.26. The molecule has 122 valence electrons. The molecule has 2 saturated heterocycles. The van der Waals surface area contributed by atoms with E-state index < -0.39 is 0 Å². The van der Waals surface area contributed by atoms with Gasteiger partial charge >= 0.3 is 0 Å². The number of piperidine rings is 1. The summed E-state index contributed by atoms with van der Waals surface area (Å²) in [6, 6.07) is 10.5. The molecular formula is C19H24N2OS. The van der Waals surface area contributed by atoms with Crippen LogP contribution in [0.15, 0.2) is 35.7 Å². The molecule has 2 aromatic rings. The molecule has 0 spiro atoms. The zero-order valence-electron chi connectivity index (χ0n) is 13.5. The van der Waals surface area contributed by atoms with Crippen LogP contribution in [0.3, 0.4) is 0 Å². The predicted molar refractivity (Wildman–Crippen MR) is 94.9 cm³/mol. The normalized spacial score (nSPS) is 23.4. The lowest BCUT2D eigenvalue weighted by Crippen LogP contribution is -2.36. The van der Waals surface area contributed by atoms with Gasteiger partial charge in [-0.05, 0) is 38.3 Å². The van der Waals surface area contributed by atoms with E-state index in [4.69, 9.17) is 9.72 Å². The van der Waals surface area contributed by atoms with E-state index >= 15 is 0 Å². The number of rotatable bonds is 4. The molecule has 4 rings (SSSR count). The first kappa shape index (κ1) is 15.3. The lowest BCUT2D eigenvalue weighted by atomic mass is 9.96. The zero-order chi connectivity index (χ0) is 15.5. The van der Waals surface area contributed by atoms with E-state index in [1.807, 2.05) is 11.3 Å². The third kappa shape index (κ3) is 3.65. The van der Waals surface area contributed by atoms with Crippen LogP contribution in [0.1, 0.15) is 30.2 Å². The summed E-state index contributed by atoms with van der Waals surface area (Å²) in [6.07, 6.45) is 3.73. The summed E-state index contributed by atoms with van der Waals surface area (Å²) in [6.45, 7) is 5.57. The van der Waals surface area contributed by atoms with Crippen LogP contribution in [0.5, 0.6) is 0 Å². The third-order valence-corrected chi connectivity index (χ3v) is 6.08. The first-order valence-electron chi connectivity index (χ1n) is 8.69. The maximum Gasteiger partial charge on any atom is 0.0964 e. The van der Waals surface area contributed by atoms with Gasteiger partial charge in [-0.1, -0.05) is 30.3 Å². The van der Waals surface area contributed by atoms with Crippen LogP contribution in [0.4, 0.5) is 0 Å². The van der Waals surface area contributed by atoms with Crippen molar-refractivity contribution < 1.29 is 4.74 Å². The number of thiazole rings is 1. The highest BCUT2D eigenvalue weighted by atomic mass is 32.1. The van der Waals surface area contributed by atoms with Crippen molar-refractivity contribution in [3.05, 3.63) is 40.7 Å². The van der Waals surface area contributed by atoms with Crippen molar-refractivity contribution in [3.63, 3.8) is 0 Å². The molecule has 1 atom stereocenters. The molecule has 1 aromatic heterocycles. The summed E-state index contributed by atoms with van der Waals surface area (Å²) in [5.41, 5.74) is 2.37. The Hall–Kier alpha value is -1.23. The van der Waals surface area contributed by atoms with Crippen LogP contribution in [0, 0.1) is 5.92 Å². The fraction of sp³-hybridized carbons (Fsp3) is 0.526. The molecule has 4 heteroatoms. The van der Waals surface area contributed by atoms with Crippen LogP contribution in [0.25, 0.3) is 11.3 Å². The average Bonchev–Trinajstić information content (AvgIpc) is 3.28. The molecule has 1 unspecified atom stereocenters. The number of ether oxygens (including phenoxy) is 1. The van der Waals surface area contributed by atoms with Crippen LogP contribution >= 0.6 is 11.3 Å². The topological polar surface area (TPSA) is 25.4 Å². The Kier molecular flexibility index (Phi) is 4.74. The molecule has 2 fully saturated rings. The lowest BCUT2D eigenvalue weighted by molar-refractivity contribution is 0.152. The number of benzene rings is 1. The molecular weight excluding hydrogens is 304 g/mol. The van der Waals surface area contributed by atoms with Gasteiger partial charge in [0, 0.05) is 30.0 Å². The minimum atomic E-state index is 0.647. The van der Waals surface area contributed by atoms with Gasteiger partial charge in [-0.3, -0.25) is 0 Å². The maximum atomic E-state index is 5.50. The molecule has 0 bridgehead atoms. The fourth-order valence-electron chi connectivity index (χ4n) is 3.67. The van der Waals surface area contributed by atoms with E-state index in [1.165, 1.54) is 49.5 Å². The highest BCUT2D eigenvalue weighted by Crippen LogP contribution is 2.33. The molecule has 0 saturated carbocycles. The summed E-state index contributed by atoms with van der Waals surface area (Å²) in [7, 11) is 0. The van der Waals surface area contributed by atoms with Gasteiger partial charge in [0.15, 0.2) is 0 Å². The summed E-state index contributed by atoms with van der Waals surface area (Å²) in [5, 5.41) is 3.54. The van der Waals surface area contributed by atoms with Gasteiger partial charge in [-0.25, -0.2) is 4.98 Å². The lowest BCUT2D eigenvalue weighted by Gasteiger charge is -2.32. The van der Waals surface area contributed by atoms with Crippen molar-refractivity contribution in [3.8, 4) is 11.3 Å². The molecule has 0 radical (unpaired) electrons. The molecule has 23 heavy (non-hydrogen) atoms. The minimum Gasteiger partial charge on any atom is -0.381 e. The monoisotopic (exact) mass is 328 g/mol. The Morgan fingerprint density at radius 3 is 2.70 bits per heavy atom. The van der Waals surface area contributed by atoms with Gasteiger partial charge in [0.2, 0.25) is 0 Å². The Balaban J connectivity index is 1.34. The summed E-state index contributed by atoms with van der Waals surface area (Å²) < 4.78 is 5.50. The van der Waals surface area contributed by atoms with Crippen molar-refractivity contribution in [1.29, 1.82) is 0 Å². The Morgan fingerprint density at radius 1 is 1.13 bits per heavy atom. The molecule has 1 aromatic carbocycles. The Bertz CT molecular complexity index is 613. The highest BCUT2D eigenvalue weighted by molar-refractivity contribution is 7.10. The van der Waals surface area contributed by atoms with E-state index in [1.54, 1.807) is 0 Å². The molecule has 2 aliphatic heterocycles. The summed E-state index contributed by atoms with van der Waals surface area (Å²) >= 11 is 1.84. The zero-order valence-corrected chi connectivity index (χ0v) is 14.3. The molecule has 0 amide bonds. The van der Waals surface area contributed by atoms with Gasteiger partial charge in [-0.2, -0.15) is 0 Å². The smallest absolute Gasteiger partial charge is 0.0964 e. The second-order valence-electron chi connectivity index (χ2n) is 6.74. The summed E-state index contributed by atoms with van der Waals surface area (Å²) in [5.74, 6) is 1.41. The van der Waals surface area contributed by atoms with Crippen molar-refractivity contribution in [2.75, 3.05) is 32.8 Å². The largest absolute Gasteiger partial charge is 0.381 e. The van der Waals surface area contributed by atoms with Gasteiger partial charge < -0.3 is 9.64 Å². The SMILES string of the molecule is c1ccc(-c2csc(C3CCN(CC4CCOC4)CC3)n2)cc1. The van der Waals surface area contributed by atoms with E-state index in [0.717, 1.165) is 24.8 Å². The molecule has 3 heterocycles. The molecule has 0 aliphatic carbocycles. The number of aromatic nitrogens is 1. The predicted octanol–water partition coefficient (Wildman–Crippen LogP) is 4.03. The van der Waals surface area contributed by atoms with E-state index in [0.29, 0.717) is 5.92 Å². The van der Waals surface area contributed by atoms with E-state index in [9.17, 15) is 0 Å². The summed E-state index contributed by atoms with van der Waals surface area (Å²) in [4.78, 5) is 7.54. The number of nitrogens with zero attached hydrogens (tertiary/aromatic N) is 2. The maximum absolute atomic E-state index is 5.50. The van der Waals surface area contributed by atoms with Crippen LogP contribution in [0.2, 0.25) is 0 Å².